The summed E-state index contributed by atoms with van der Waals surface area (Å²) in [6.45, 7) is 0. The van der Waals surface area contributed by atoms with Gasteiger partial charge in [-0.25, -0.2) is 4.79 Å². The molecule has 1 aliphatic rings. The van der Waals surface area contributed by atoms with Gasteiger partial charge in [0.1, 0.15) is 5.94 Å². The lowest BCUT2D eigenvalue weighted by Gasteiger charge is -1.94. The van der Waals surface area contributed by atoms with E-state index in [-0.39, 0.29) is 5.97 Å². The summed E-state index contributed by atoms with van der Waals surface area (Å²) in [5.74, 6) is 0.170. The van der Waals surface area contributed by atoms with Crippen molar-refractivity contribution in [2.24, 2.45) is 0 Å². The van der Waals surface area contributed by atoms with Gasteiger partial charge in [-0.05, 0) is 23.8 Å². The van der Waals surface area contributed by atoms with Crippen molar-refractivity contribution in [2.45, 2.75) is 0 Å². The Balaban J connectivity index is 2.24. The van der Waals surface area contributed by atoms with Gasteiger partial charge in [-0.2, -0.15) is 0 Å². The lowest BCUT2D eigenvalue weighted by molar-refractivity contribution is -0.134. The van der Waals surface area contributed by atoms with Gasteiger partial charge < -0.3 is 4.74 Å². The Labute approximate surface area is 90.9 Å². The molecule has 2 rings (SSSR count). The number of cyclic esters (lactones) is 1. The van der Waals surface area contributed by atoms with Crippen molar-refractivity contribution >= 4 is 35.4 Å². The molecule has 1 fully saturated rings. The zero-order valence-electron chi connectivity index (χ0n) is 7.20. The maximum Gasteiger partial charge on any atom is 0.345 e. The third-order valence-electron chi connectivity index (χ3n) is 1.77. The van der Waals surface area contributed by atoms with Crippen molar-refractivity contribution in [1.82, 2.24) is 0 Å². The van der Waals surface area contributed by atoms with E-state index in [2.05, 4.69) is 0 Å². The molecule has 0 unspecified atom stereocenters. The van der Waals surface area contributed by atoms with Gasteiger partial charge in [0.15, 0.2) is 0 Å². The molecule has 1 aromatic carbocycles. The number of esters is 1. The number of hydrogen-bond acceptors (Lipinski definition) is 3. The molecule has 0 radical (unpaired) electrons. The van der Waals surface area contributed by atoms with E-state index in [9.17, 15) is 4.79 Å². The number of halogens is 1. The van der Waals surface area contributed by atoms with E-state index in [4.69, 9.17) is 16.3 Å². The molecule has 0 amide bonds. The normalized spacial score (nSPS) is 18.6. The second-order valence-corrected chi connectivity index (χ2v) is 4.15. The minimum absolute atomic E-state index is 0.245. The minimum atomic E-state index is -0.245. The molecule has 1 aromatic rings. The maximum absolute atomic E-state index is 11.1. The second-order valence-electron chi connectivity index (χ2n) is 2.75. The third kappa shape index (κ3) is 2.11. The number of carbonyl (C=O) groups is 1. The van der Waals surface area contributed by atoms with E-state index in [0.29, 0.717) is 15.9 Å². The van der Waals surface area contributed by atoms with E-state index < -0.39 is 0 Å². The van der Waals surface area contributed by atoms with Crippen LogP contribution in [0.2, 0.25) is 5.02 Å². The Bertz CT molecular complexity index is 384. The largest absolute Gasteiger partial charge is 0.450 e. The Hall–Kier alpha value is -0.930. The highest BCUT2D eigenvalue weighted by Crippen LogP contribution is 2.27. The molecule has 0 spiro atoms. The summed E-state index contributed by atoms with van der Waals surface area (Å²) in [5.41, 5.74) is 0.954. The van der Waals surface area contributed by atoms with Crippen LogP contribution in [0.15, 0.2) is 29.2 Å². The van der Waals surface area contributed by atoms with Crippen molar-refractivity contribution in [1.29, 1.82) is 0 Å². The summed E-state index contributed by atoms with van der Waals surface area (Å²) in [5, 5.41) is 0.689. The molecule has 0 bridgehead atoms. The smallest absolute Gasteiger partial charge is 0.345 e. The summed E-state index contributed by atoms with van der Waals surface area (Å²) in [4.78, 5) is 11.8. The molecule has 0 N–H and O–H groups in total. The quantitative estimate of drug-likeness (QED) is 0.544. The van der Waals surface area contributed by atoms with Gasteiger partial charge in [0.25, 0.3) is 0 Å². The Morgan fingerprint density at radius 3 is 2.64 bits per heavy atom. The van der Waals surface area contributed by atoms with Gasteiger partial charge in [0.05, 0.1) is 4.91 Å². The molecule has 0 aliphatic carbocycles. The molecule has 1 saturated heterocycles. The Morgan fingerprint density at radius 1 is 1.36 bits per heavy atom. The Morgan fingerprint density at radius 2 is 2.07 bits per heavy atom. The molecule has 72 valence electrons. The number of rotatable bonds is 1. The average Bonchev–Trinajstić information content (AvgIpc) is 2.56. The number of ether oxygens (including phenoxy) is 1. The van der Waals surface area contributed by atoms with Gasteiger partial charge in [0.2, 0.25) is 0 Å². The summed E-state index contributed by atoms with van der Waals surface area (Å²) in [7, 11) is 0. The molecule has 1 aliphatic heterocycles. The first kappa shape index (κ1) is 9.62. The van der Waals surface area contributed by atoms with Crippen LogP contribution in [0.3, 0.4) is 0 Å². The summed E-state index contributed by atoms with van der Waals surface area (Å²) < 4.78 is 4.79. The van der Waals surface area contributed by atoms with Gasteiger partial charge in [-0.1, -0.05) is 35.5 Å². The number of benzene rings is 1. The van der Waals surface area contributed by atoms with E-state index in [1.54, 1.807) is 18.2 Å². The van der Waals surface area contributed by atoms with Crippen LogP contribution in [0, 0.1) is 0 Å². The predicted octanol–water partition coefficient (Wildman–Crippen LogP) is 2.93. The predicted molar refractivity (Wildman–Crippen MR) is 58.0 cm³/mol. The topological polar surface area (TPSA) is 26.3 Å². The van der Waals surface area contributed by atoms with Crippen LogP contribution in [0.25, 0.3) is 6.08 Å². The molecule has 2 nitrogen and oxygen atoms in total. The van der Waals surface area contributed by atoms with Gasteiger partial charge in [-0.3, -0.25) is 0 Å². The zero-order valence-corrected chi connectivity index (χ0v) is 8.77. The standard InChI is InChI=1S/C10H7ClO2S/c11-8-3-1-7(2-4-8)5-9-10(12)13-6-14-9/h1-5H,6H2/b9-5+. The molecule has 0 aromatic heterocycles. The summed E-state index contributed by atoms with van der Waals surface area (Å²) in [6, 6.07) is 7.31. The van der Waals surface area contributed by atoms with Gasteiger partial charge >= 0.3 is 5.97 Å². The highest BCUT2D eigenvalue weighted by Gasteiger charge is 2.18. The summed E-state index contributed by atoms with van der Waals surface area (Å²) in [6.07, 6.45) is 1.80. The highest BCUT2D eigenvalue weighted by atomic mass is 35.5. The summed E-state index contributed by atoms with van der Waals surface area (Å²) >= 11 is 7.15. The first-order chi connectivity index (χ1) is 6.75. The van der Waals surface area contributed by atoms with Crippen LogP contribution < -0.4 is 0 Å². The van der Waals surface area contributed by atoms with Crippen LogP contribution >= 0.6 is 23.4 Å². The van der Waals surface area contributed by atoms with Gasteiger partial charge in [-0.15, -0.1) is 0 Å². The molecule has 14 heavy (non-hydrogen) atoms. The highest BCUT2D eigenvalue weighted by molar-refractivity contribution is 8.04. The molecule has 1 heterocycles. The van der Waals surface area contributed by atoms with Crippen molar-refractivity contribution in [3.8, 4) is 0 Å². The fourth-order valence-corrected chi connectivity index (χ4v) is 1.90. The van der Waals surface area contributed by atoms with Crippen molar-refractivity contribution in [3.63, 3.8) is 0 Å². The molecule has 0 atom stereocenters. The fourth-order valence-electron chi connectivity index (χ4n) is 1.09. The van der Waals surface area contributed by atoms with Crippen LogP contribution in [0.4, 0.5) is 0 Å². The monoisotopic (exact) mass is 226 g/mol. The number of hydrogen-bond donors (Lipinski definition) is 0. The second kappa shape index (κ2) is 4.07. The van der Waals surface area contributed by atoms with Crippen molar-refractivity contribution < 1.29 is 9.53 Å². The lowest BCUT2D eigenvalue weighted by atomic mass is 10.2. The van der Waals surface area contributed by atoms with Crippen molar-refractivity contribution in [3.05, 3.63) is 39.8 Å². The van der Waals surface area contributed by atoms with E-state index in [1.165, 1.54) is 11.8 Å². The lowest BCUT2D eigenvalue weighted by Crippen LogP contribution is -1.93. The minimum Gasteiger partial charge on any atom is -0.450 e. The molecule has 0 saturated carbocycles. The fraction of sp³-hybridized carbons (Fsp3) is 0.100. The maximum atomic E-state index is 11.1. The first-order valence-electron chi connectivity index (χ1n) is 4.03. The van der Waals surface area contributed by atoms with Crippen LogP contribution in [-0.2, 0) is 9.53 Å². The Kier molecular flexibility index (Phi) is 2.79. The number of carbonyl (C=O) groups excluding carboxylic acids is 1. The number of thioether (sulfide) groups is 1. The van der Waals surface area contributed by atoms with Crippen molar-refractivity contribution in [2.75, 3.05) is 5.94 Å². The van der Waals surface area contributed by atoms with Crippen LogP contribution in [0.5, 0.6) is 0 Å². The SMILES string of the molecule is O=C1OCS/C1=C/c1ccc(Cl)cc1. The third-order valence-corrected chi connectivity index (χ3v) is 2.86. The molecular formula is C10H7ClO2S. The zero-order chi connectivity index (χ0) is 9.97. The molecular weight excluding hydrogens is 220 g/mol. The van der Waals surface area contributed by atoms with Crippen LogP contribution in [-0.4, -0.2) is 11.9 Å². The van der Waals surface area contributed by atoms with Crippen LogP contribution in [0.1, 0.15) is 5.56 Å². The van der Waals surface area contributed by atoms with E-state index in [1.807, 2.05) is 12.1 Å². The first-order valence-corrected chi connectivity index (χ1v) is 5.39. The van der Waals surface area contributed by atoms with E-state index >= 15 is 0 Å². The van der Waals surface area contributed by atoms with Gasteiger partial charge in [0, 0.05) is 5.02 Å². The van der Waals surface area contributed by atoms with E-state index in [0.717, 1.165) is 5.56 Å². The average molecular weight is 227 g/mol. The molecule has 4 heteroatoms.